The molecule has 1 aliphatic carbocycles. The lowest BCUT2D eigenvalue weighted by molar-refractivity contribution is 0.233. The SMILES string of the molecule is CN(CCCN)CC1CCCCC1. The molecule has 0 radical (unpaired) electrons. The molecule has 0 unspecified atom stereocenters. The van der Waals surface area contributed by atoms with Gasteiger partial charge in [0, 0.05) is 6.54 Å². The van der Waals surface area contributed by atoms with Crippen molar-refractivity contribution in [2.24, 2.45) is 11.7 Å². The Hall–Kier alpha value is -0.0800. The maximum atomic E-state index is 5.48. The predicted octanol–water partition coefficient (Wildman–Crippen LogP) is 1.85. The molecule has 78 valence electrons. The quantitative estimate of drug-likeness (QED) is 0.706. The minimum atomic E-state index is 0.828. The summed E-state index contributed by atoms with van der Waals surface area (Å²) in [6, 6.07) is 0. The van der Waals surface area contributed by atoms with Crippen molar-refractivity contribution in [2.75, 3.05) is 26.7 Å². The first kappa shape index (κ1) is 11.0. The Morgan fingerprint density at radius 1 is 1.23 bits per heavy atom. The van der Waals surface area contributed by atoms with Crippen molar-refractivity contribution < 1.29 is 0 Å². The van der Waals surface area contributed by atoms with Gasteiger partial charge in [-0.15, -0.1) is 0 Å². The molecule has 2 nitrogen and oxygen atoms in total. The molecule has 1 saturated carbocycles. The summed E-state index contributed by atoms with van der Waals surface area (Å²) in [5.41, 5.74) is 5.48. The van der Waals surface area contributed by atoms with Crippen molar-refractivity contribution in [3.8, 4) is 0 Å². The van der Waals surface area contributed by atoms with Gasteiger partial charge in [-0.2, -0.15) is 0 Å². The zero-order valence-corrected chi connectivity index (χ0v) is 8.97. The first-order chi connectivity index (χ1) is 6.33. The minimum absolute atomic E-state index is 0.828. The zero-order chi connectivity index (χ0) is 9.52. The van der Waals surface area contributed by atoms with E-state index >= 15 is 0 Å². The second kappa shape index (κ2) is 6.39. The first-order valence-electron chi connectivity index (χ1n) is 5.71. The fourth-order valence-electron chi connectivity index (χ4n) is 2.26. The summed E-state index contributed by atoms with van der Waals surface area (Å²) >= 11 is 0. The Morgan fingerprint density at radius 3 is 2.54 bits per heavy atom. The maximum Gasteiger partial charge on any atom is 0.000661 e. The Morgan fingerprint density at radius 2 is 1.92 bits per heavy atom. The van der Waals surface area contributed by atoms with E-state index in [0.717, 1.165) is 18.9 Å². The van der Waals surface area contributed by atoms with Crippen LogP contribution in [0.1, 0.15) is 38.5 Å². The molecule has 0 aromatic heterocycles. The van der Waals surface area contributed by atoms with E-state index in [1.807, 2.05) is 0 Å². The van der Waals surface area contributed by atoms with Crippen LogP contribution in [0, 0.1) is 5.92 Å². The molecule has 0 aliphatic heterocycles. The maximum absolute atomic E-state index is 5.48. The lowest BCUT2D eigenvalue weighted by Crippen LogP contribution is -2.28. The molecule has 1 rings (SSSR count). The van der Waals surface area contributed by atoms with Gasteiger partial charge in [-0.25, -0.2) is 0 Å². The molecule has 0 saturated heterocycles. The number of nitrogens with zero attached hydrogens (tertiary/aromatic N) is 1. The largest absolute Gasteiger partial charge is 0.330 e. The van der Waals surface area contributed by atoms with E-state index in [2.05, 4.69) is 11.9 Å². The van der Waals surface area contributed by atoms with E-state index in [9.17, 15) is 0 Å². The van der Waals surface area contributed by atoms with Gasteiger partial charge in [-0.1, -0.05) is 19.3 Å². The molecular formula is C11H24N2. The molecule has 2 N–H and O–H groups in total. The highest BCUT2D eigenvalue weighted by Crippen LogP contribution is 2.23. The van der Waals surface area contributed by atoms with E-state index in [0.29, 0.717) is 0 Å². The van der Waals surface area contributed by atoms with E-state index in [-0.39, 0.29) is 0 Å². The highest BCUT2D eigenvalue weighted by atomic mass is 15.1. The molecule has 2 heteroatoms. The summed E-state index contributed by atoms with van der Waals surface area (Å²) in [6.07, 6.45) is 8.41. The van der Waals surface area contributed by atoms with Crippen molar-refractivity contribution in [3.05, 3.63) is 0 Å². The fourth-order valence-corrected chi connectivity index (χ4v) is 2.26. The lowest BCUT2D eigenvalue weighted by atomic mass is 9.89. The average Bonchev–Trinajstić information content (AvgIpc) is 2.16. The van der Waals surface area contributed by atoms with E-state index < -0.39 is 0 Å². The van der Waals surface area contributed by atoms with Gasteiger partial charge in [-0.05, 0) is 45.3 Å². The van der Waals surface area contributed by atoms with Crippen LogP contribution in [0.5, 0.6) is 0 Å². The second-order valence-corrected chi connectivity index (χ2v) is 4.41. The molecule has 0 aromatic carbocycles. The number of rotatable bonds is 5. The summed E-state index contributed by atoms with van der Waals surface area (Å²) in [6.45, 7) is 3.29. The van der Waals surface area contributed by atoms with Crippen LogP contribution >= 0.6 is 0 Å². The monoisotopic (exact) mass is 184 g/mol. The van der Waals surface area contributed by atoms with Gasteiger partial charge in [0.1, 0.15) is 0 Å². The summed E-state index contributed by atoms with van der Waals surface area (Å²) in [7, 11) is 2.23. The predicted molar refractivity (Wildman–Crippen MR) is 57.7 cm³/mol. The summed E-state index contributed by atoms with van der Waals surface area (Å²) in [5, 5.41) is 0. The lowest BCUT2D eigenvalue weighted by Gasteiger charge is -2.26. The molecule has 13 heavy (non-hydrogen) atoms. The van der Waals surface area contributed by atoms with Crippen molar-refractivity contribution in [1.82, 2.24) is 4.90 Å². The third kappa shape index (κ3) is 4.63. The van der Waals surface area contributed by atoms with Crippen LogP contribution in [0.25, 0.3) is 0 Å². The Balaban J connectivity index is 2.07. The molecule has 0 bridgehead atoms. The van der Waals surface area contributed by atoms with Crippen LogP contribution in [0.15, 0.2) is 0 Å². The molecular weight excluding hydrogens is 160 g/mol. The van der Waals surface area contributed by atoms with Crippen LogP contribution in [-0.4, -0.2) is 31.6 Å². The van der Waals surface area contributed by atoms with Crippen LogP contribution < -0.4 is 5.73 Å². The van der Waals surface area contributed by atoms with Crippen molar-refractivity contribution in [3.63, 3.8) is 0 Å². The van der Waals surface area contributed by atoms with E-state index in [4.69, 9.17) is 5.73 Å². The van der Waals surface area contributed by atoms with Crippen molar-refractivity contribution in [2.45, 2.75) is 38.5 Å². The number of hydrogen-bond acceptors (Lipinski definition) is 2. The number of nitrogens with two attached hydrogens (primary N) is 1. The third-order valence-corrected chi connectivity index (χ3v) is 3.04. The number of hydrogen-bond donors (Lipinski definition) is 1. The normalized spacial score (nSPS) is 19.6. The van der Waals surface area contributed by atoms with Crippen LogP contribution in [0.4, 0.5) is 0 Å². The second-order valence-electron chi connectivity index (χ2n) is 4.41. The Kier molecular flexibility index (Phi) is 5.40. The molecule has 0 aromatic rings. The van der Waals surface area contributed by atoms with Gasteiger partial charge >= 0.3 is 0 Å². The summed E-state index contributed by atoms with van der Waals surface area (Å²) in [4.78, 5) is 2.45. The molecule has 1 aliphatic rings. The van der Waals surface area contributed by atoms with Gasteiger partial charge in [0.05, 0.1) is 0 Å². The third-order valence-electron chi connectivity index (χ3n) is 3.04. The highest BCUT2D eigenvalue weighted by molar-refractivity contribution is 4.68. The summed E-state index contributed by atoms with van der Waals surface area (Å²) in [5.74, 6) is 0.969. The van der Waals surface area contributed by atoms with E-state index in [1.165, 1.54) is 45.2 Å². The molecule has 0 heterocycles. The smallest absolute Gasteiger partial charge is 0.000661 e. The van der Waals surface area contributed by atoms with Gasteiger partial charge in [0.15, 0.2) is 0 Å². The molecule has 0 spiro atoms. The van der Waals surface area contributed by atoms with Crippen LogP contribution in [0.3, 0.4) is 0 Å². The topological polar surface area (TPSA) is 29.3 Å². The van der Waals surface area contributed by atoms with Crippen LogP contribution in [0.2, 0.25) is 0 Å². The molecule has 1 fully saturated rings. The zero-order valence-electron chi connectivity index (χ0n) is 8.97. The average molecular weight is 184 g/mol. The fraction of sp³-hybridized carbons (Fsp3) is 1.00. The van der Waals surface area contributed by atoms with Gasteiger partial charge in [0.25, 0.3) is 0 Å². The summed E-state index contributed by atoms with van der Waals surface area (Å²) < 4.78 is 0. The van der Waals surface area contributed by atoms with Crippen molar-refractivity contribution >= 4 is 0 Å². The molecule has 0 atom stereocenters. The minimum Gasteiger partial charge on any atom is -0.330 e. The Bertz CT molecular complexity index is 119. The van der Waals surface area contributed by atoms with Crippen LogP contribution in [-0.2, 0) is 0 Å². The standard InChI is InChI=1S/C11H24N2/c1-13(9-5-8-12)10-11-6-3-2-4-7-11/h11H,2-10,12H2,1H3. The molecule has 0 amide bonds. The van der Waals surface area contributed by atoms with Gasteiger partial charge < -0.3 is 10.6 Å². The van der Waals surface area contributed by atoms with Gasteiger partial charge in [-0.3, -0.25) is 0 Å². The first-order valence-corrected chi connectivity index (χ1v) is 5.71. The van der Waals surface area contributed by atoms with Gasteiger partial charge in [0.2, 0.25) is 0 Å². The van der Waals surface area contributed by atoms with Crippen molar-refractivity contribution in [1.29, 1.82) is 0 Å². The van der Waals surface area contributed by atoms with E-state index in [1.54, 1.807) is 0 Å². The highest BCUT2D eigenvalue weighted by Gasteiger charge is 2.14. The Labute approximate surface area is 82.5 Å².